The molecule has 1 rings (SSSR count). The summed E-state index contributed by atoms with van der Waals surface area (Å²) in [6, 6.07) is 8.42. The second kappa shape index (κ2) is 10.6. The molecule has 0 saturated carbocycles. The van der Waals surface area contributed by atoms with Crippen LogP contribution in [0, 0.1) is 5.92 Å². The molecule has 0 N–H and O–H groups in total. The highest BCUT2D eigenvalue weighted by molar-refractivity contribution is 5.55. The molecule has 0 aliphatic rings. The summed E-state index contributed by atoms with van der Waals surface area (Å²) in [5.74, 6) is 0.898. The average molecular weight is 258 g/mol. The Morgan fingerprint density at radius 2 is 1.84 bits per heavy atom. The lowest BCUT2D eigenvalue weighted by Gasteiger charge is -1.97. The summed E-state index contributed by atoms with van der Waals surface area (Å²) in [5.41, 5.74) is 1.31. The first-order valence-corrected chi connectivity index (χ1v) is 7.47. The van der Waals surface area contributed by atoms with Crippen molar-refractivity contribution in [2.75, 3.05) is 0 Å². The van der Waals surface area contributed by atoms with Gasteiger partial charge in [-0.05, 0) is 35.3 Å². The van der Waals surface area contributed by atoms with Crippen molar-refractivity contribution >= 4 is 11.6 Å². The maximum Gasteiger partial charge on any atom is -0.0156 e. The van der Waals surface area contributed by atoms with E-state index in [2.05, 4.69) is 71.5 Å². The molecule has 0 bridgehead atoms. The quantitative estimate of drug-likeness (QED) is 0.736. The van der Waals surface area contributed by atoms with E-state index < -0.39 is 0 Å². The second-order valence-corrected chi connectivity index (χ2v) is 5.14. The van der Waals surface area contributed by atoms with E-state index in [9.17, 15) is 0 Å². The number of hydrogen-bond donors (Lipinski definition) is 0. The van der Waals surface area contributed by atoms with E-state index in [1.54, 1.807) is 0 Å². The Morgan fingerprint density at radius 3 is 2.21 bits per heavy atom. The van der Waals surface area contributed by atoms with Crippen LogP contribution in [-0.2, 0) is 0 Å². The van der Waals surface area contributed by atoms with Gasteiger partial charge in [0.15, 0.2) is 0 Å². The van der Waals surface area contributed by atoms with Gasteiger partial charge in [0.2, 0.25) is 0 Å². The van der Waals surface area contributed by atoms with Gasteiger partial charge in [-0.2, -0.15) is 0 Å². The predicted molar refractivity (Wildman–Crippen MR) is 89.5 cm³/mol. The van der Waals surface area contributed by atoms with Gasteiger partial charge in [-0.1, -0.05) is 83.5 Å². The Kier molecular flexibility index (Phi) is 9.88. The highest BCUT2D eigenvalue weighted by Gasteiger charge is 1.90. The van der Waals surface area contributed by atoms with Crippen LogP contribution in [0.25, 0.3) is 11.6 Å². The molecule has 0 amide bonds. The van der Waals surface area contributed by atoms with Crippen molar-refractivity contribution in [3.63, 3.8) is 0 Å². The van der Waals surface area contributed by atoms with E-state index >= 15 is 0 Å². The Balaban J connectivity index is 0.000000459. The molecule has 0 nitrogen and oxygen atoms in total. The highest BCUT2D eigenvalue weighted by atomic mass is 13.9. The lowest BCUT2D eigenvalue weighted by Crippen LogP contribution is -2.25. The molecule has 0 saturated heterocycles. The number of rotatable bonds is 4. The van der Waals surface area contributed by atoms with Crippen molar-refractivity contribution in [2.45, 2.75) is 53.9 Å². The lowest BCUT2D eigenvalue weighted by molar-refractivity contribution is 0.576. The smallest absolute Gasteiger partial charge is 0.0156 e. The van der Waals surface area contributed by atoms with Crippen molar-refractivity contribution in [3.8, 4) is 0 Å². The third-order valence-electron chi connectivity index (χ3n) is 3.11. The summed E-state index contributed by atoms with van der Waals surface area (Å²) in [6.07, 6.45) is 7.82. The van der Waals surface area contributed by atoms with Crippen LogP contribution in [-0.4, -0.2) is 0 Å². The fourth-order valence-electron chi connectivity index (χ4n) is 2.06. The Bertz CT molecular complexity index is 463. The highest BCUT2D eigenvalue weighted by Crippen LogP contribution is 2.00. The molecule has 1 aromatic carbocycles. The van der Waals surface area contributed by atoms with Crippen LogP contribution in [0.1, 0.15) is 53.9 Å². The average Bonchev–Trinajstić information content (AvgIpc) is 2.41. The molecule has 0 aromatic heterocycles. The van der Waals surface area contributed by atoms with Crippen LogP contribution in [0.3, 0.4) is 0 Å². The molecule has 1 aromatic rings. The van der Waals surface area contributed by atoms with E-state index in [0.29, 0.717) is 0 Å². The first-order chi connectivity index (χ1) is 9.10. The zero-order valence-corrected chi connectivity index (χ0v) is 13.4. The van der Waals surface area contributed by atoms with Gasteiger partial charge in [-0.3, -0.25) is 0 Å². The molecule has 0 aliphatic carbocycles. The number of allylic oxidation sites excluding steroid dienone is 1. The van der Waals surface area contributed by atoms with E-state index in [4.69, 9.17) is 0 Å². The second-order valence-electron chi connectivity index (χ2n) is 5.14. The maximum absolute atomic E-state index is 3.83. The summed E-state index contributed by atoms with van der Waals surface area (Å²) < 4.78 is 0. The molecule has 0 fully saturated rings. The zero-order valence-electron chi connectivity index (χ0n) is 13.4. The molecule has 0 radical (unpaired) electrons. The van der Waals surface area contributed by atoms with Crippen LogP contribution >= 0.6 is 0 Å². The summed E-state index contributed by atoms with van der Waals surface area (Å²) in [6.45, 7) is 14.8. The van der Waals surface area contributed by atoms with Crippen molar-refractivity contribution in [2.24, 2.45) is 5.92 Å². The van der Waals surface area contributed by atoms with Gasteiger partial charge in [-0.15, -0.1) is 0 Å². The molecule has 106 valence electrons. The minimum Gasteiger partial charge on any atom is -0.0988 e. The van der Waals surface area contributed by atoms with Crippen molar-refractivity contribution in [1.29, 1.82) is 0 Å². The molecule has 0 heteroatoms. The number of benzene rings is 1. The van der Waals surface area contributed by atoms with E-state index in [0.717, 1.165) is 12.3 Å². The van der Waals surface area contributed by atoms with Gasteiger partial charge in [0.25, 0.3) is 0 Å². The fourth-order valence-corrected chi connectivity index (χ4v) is 2.06. The van der Waals surface area contributed by atoms with Crippen LogP contribution in [0.5, 0.6) is 0 Å². The Labute approximate surface area is 119 Å². The van der Waals surface area contributed by atoms with Gasteiger partial charge in [0.05, 0.1) is 0 Å². The van der Waals surface area contributed by atoms with E-state index in [1.165, 1.54) is 28.9 Å². The van der Waals surface area contributed by atoms with Crippen LogP contribution in [0.4, 0.5) is 0 Å². The van der Waals surface area contributed by atoms with Crippen molar-refractivity contribution in [1.82, 2.24) is 0 Å². The third-order valence-corrected chi connectivity index (χ3v) is 3.11. The van der Waals surface area contributed by atoms with E-state index in [1.807, 2.05) is 6.08 Å². The first-order valence-electron chi connectivity index (χ1n) is 7.47. The topological polar surface area (TPSA) is 0 Å². The third kappa shape index (κ3) is 7.00. The Hall–Kier alpha value is -1.30. The van der Waals surface area contributed by atoms with Crippen molar-refractivity contribution < 1.29 is 0 Å². The summed E-state index contributed by atoms with van der Waals surface area (Å²) in [5, 5.41) is 2.60. The molecule has 0 unspecified atom stereocenters. The van der Waals surface area contributed by atoms with Crippen LogP contribution < -0.4 is 10.4 Å². The lowest BCUT2D eigenvalue weighted by atomic mass is 10.1. The molecule has 0 spiro atoms. The minimum atomic E-state index is 0.898. The van der Waals surface area contributed by atoms with E-state index in [-0.39, 0.29) is 0 Å². The van der Waals surface area contributed by atoms with Gasteiger partial charge in [0, 0.05) is 0 Å². The number of hydrogen-bond acceptors (Lipinski definition) is 0. The normalized spacial score (nSPS) is 12.8. The SMILES string of the molecule is C=C/C(CC)=c1/cccc/c1=C/C.CCCC(C)C. The van der Waals surface area contributed by atoms with Gasteiger partial charge < -0.3 is 0 Å². The maximum atomic E-state index is 3.83. The minimum absolute atomic E-state index is 0.898. The first kappa shape index (κ1) is 17.7. The Morgan fingerprint density at radius 1 is 1.21 bits per heavy atom. The largest absolute Gasteiger partial charge is 0.0988 e. The monoisotopic (exact) mass is 258 g/mol. The summed E-state index contributed by atoms with van der Waals surface area (Å²) in [7, 11) is 0. The molecular formula is C19H30. The molecule has 19 heavy (non-hydrogen) atoms. The fraction of sp³-hybridized carbons (Fsp3) is 0.474. The molecule has 0 aliphatic heterocycles. The van der Waals surface area contributed by atoms with Crippen LogP contribution in [0.2, 0.25) is 0 Å². The van der Waals surface area contributed by atoms with Crippen LogP contribution in [0.15, 0.2) is 36.9 Å². The summed E-state index contributed by atoms with van der Waals surface area (Å²) in [4.78, 5) is 0. The zero-order chi connectivity index (χ0) is 14.7. The molecule has 0 atom stereocenters. The summed E-state index contributed by atoms with van der Waals surface area (Å²) >= 11 is 0. The standard InChI is InChI=1S/C13H16.C6H14/c1-4-11(5-2)13-10-8-7-9-12(13)6-3;1-4-5-6(2)3/h4,6-10H,1,5H2,2-3H3;6H,4-5H2,1-3H3/b12-6-,13-11+;. The van der Waals surface area contributed by atoms with Crippen molar-refractivity contribution in [3.05, 3.63) is 47.4 Å². The predicted octanol–water partition coefficient (Wildman–Crippen LogP) is 4.68. The van der Waals surface area contributed by atoms with Gasteiger partial charge in [-0.25, -0.2) is 0 Å². The molecule has 0 heterocycles. The van der Waals surface area contributed by atoms with Gasteiger partial charge in [0.1, 0.15) is 0 Å². The van der Waals surface area contributed by atoms with Gasteiger partial charge >= 0.3 is 0 Å². The molecular weight excluding hydrogens is 228 g/mol.